The molecule has 0 bridgehead atoms. The average Bonchev–Trinajstić information content (AvgIpc) is 2.43. The molecule has 5 heteroatoms. The van der Waals surface area contributed by atoms with Crippen LogP contribution in [0.25, 0.3) is 11.0 Å². The molecule has 2 rings (SSSR count). The molecule has 1 heterocycles. The van der Waals surface area contributed by atoms with Gasteiger partial charge in [-0.05, 0) is 18.6 Å². The first-order valence-electron chi connectivity index (χ1n) is 6.52. The summed E-state index contributed by atoms with van der Waals surface area (Å²) in [5, 5.41) is 10.6. The molecular formula is C15H16O5. The maximum absolute atomic E-state index is 11.8. The summed E-state index contributed by atoms with van der Waals surface area (Å²) in [6.07, 6.45) is 1.19. The summed E-state index contributed by atoms with van der Waals surface area (Å²) in [4.78, 5) is 23.0. The topological polar surface area (TPSA) is 76.7 Å². The Morgan fingerprint density at radius 2 is 2.10 bits per heavy atom. The van der Waals surface area contributed by atoms with Crippen molar-refractivity contribution in [1.82, 2.24) is 0 Å². The van der Waals surface area contributed by atoms with Crippen molar-refractivity contribution >= 4 is 16.9 Å². The summed E-state index contributed by atoms with van der Waals surface area (Å²) >= 11 is 0. The lowest BCUT2D eigenvalue weighted by Gasteiger charge is -2.07. The lowest BCUT2D eigenvalue weighted by atomic mass is 10.1. The van der Waals surface area contributed by atoms with E-state index in [0.29, 0.717) is 23.8 Å². The molecule has 20 heavy (non-hydrogen) atoms. The molecule has 2 aromatic rings. The van der Waals surface area contributed by atoms with E-state index in [4.69, 9.17) is 9.15 Å². The molecule has 0 amide bonds. The molecule has 1 aromatic carbocycles. The molecule has 5 nitrogen and oxygen atoms in total. The molecule has 0 fully saturated rings. The highest BCUT2D eigenvalue weighted by molar-refractivity contribution is 5.83. The lowest BCUT2D eigenvalue weighted by molar-refractivity contribution is -0.143. The van der Waals surface area contributed by atoms with Crippen molar-refractivity contribution in [3.8, 4) is 5.75 Å². The Hall–Kier alpha value is -2.30. The van der Waals surface area contributed by atoms with Gasteiger partial charge in [-0.2, -0.15) is 0 Å². The number of benzene rings is 1. The fourth-order valence-electron chi connectivity index (χ4n) is 1.94. The van der Waals surface area contributed by atoms with Crippen LogP contribution in [0.15, 0.2) is 33.5 Å². The Morgan fingerprint density at radius 1 is 1.35 bits per heavy atom. The van der Waals surface area contributed by atoms with Gasteiger partial charge < -0.3 is 14.3 Å². The Balaban J connectivity index is 2.18. The molecule has 0 atom stereocenters. The number of rotatable bonds is 5. The molecule has 0 saturated carbocycles. The zero-order chi connectivity index (χ0) is 14.5. The van der Waals surface area contributed by atoms with Crippen molar-refractivity contribution in [2.75, 3.05) is 6.61 Å². The van der Waals surface area contributed by atoms with Crippen molar-refractivity contribution in [2.24, 2.45) is 0 Å². The summed E-state index contributed by atoms with van der Waals surface area (Å²) in [6, 6.07) is 6.74. The van der Waals surface area contributed by atoms with Crippen LogP contribution >= 0.6 is 0 Å². The van der Waals surface area contributed by atoms with Crippen molar-refractivity contribution in [1.29, 1.82) is 0 Å². The molecule has 0 aliphatic rings. The largest absolute Gasteiger partial charge is 0.507 e. The van der Waals surface area contributed by atoms with Crippen molar-refractivity contribution in [3.05, 3.63) is 40.2 Å². The van der Waals surface area contributed by atoms with Gasteiger partial charge >= 0.3 is 11.6 Å². The van der Waals surface area contributed by atoms with Gasteiger partial charge in [-0.25, -0.2) is 4.79 Å². The van der Waals surface area contributed by atoms with Crippen LogP contribution in [0.5, 0.6) is 5.75 Å². The monoisotopic (exact) mass is 276 g/mol. The Kier molecular flexibility index (Phi) is 4.40. The van der Waals surface area contributed by atoms with Gasteiger partial charge in [-0.15, -0.1) is 0 Å². The van der Waals surface area contributed by atoms with Gasteiger partial charge in [0, 0.05) is 12.8 Å². The van der Waals surface area contributed by atoms with Gasteiger partial charge in [-0.3, -0.25) is 4.79 Å². The van der Waals surface area contributed by atoms with E-state index in [1.165, 1.54) is 0 Å². The van der Waals surface area contributed by atoms with E-state index in [0.717, 1.165) is 0 Å². The minimum atomic E-state index is -0.604. The molecule has 0 aliphatic carbocycles. The van der Waals surface area contributed by atoms with E-state index in [2.05, 4.69) is 0 Å². The number of fused-ring (bicyclic) bond motifs is 1. The van der Waals surface area contributed by atoms with Crippen LogP contribution in [0.2, 0.25) is 0 Å². The number of para-hydroxylation sites is 1. The normalized spacial score (nSPS) is 10.7. The highest BCUT2D eigenvalue weighted by Crippen LogP contribution is 2.26. The predicted octanol–water partition coefficient (Wildman–Crippen LogP) is 2.38. The van der Waals surface area contributed by atoms with Crippen molar-refractivity contribution in [3.63, 3.8) is 0 Å². The second-order valence-corrected chi connectivity index (χ2v) is 4.43. The number of carbonyl (C=O) groups is 1. The molecule has 0 aliphatic heterocycles. The SMILES string of the molecule is CCCC(=O)OCCc1c(O)c2ccccc2oc1=O. The molecular weight excluding hydrogens is 260 g/mol. The second-order valence-electron chi connectivity index (χ2n) is 4.43. The number of ether oxygens (including phenoxy) is 1. The highest BCUT2D eigenvalue weighted by Gasteiger charge is 2.14. The summed E-state index contributed by atoms with van der Waals surface area (Å²) in [7, 11) is 0. The van der Waals surface area contributed by atoms with Crippen LogP contribution in [0, 0.1) is 0 Å². The molecule has 0 unspecified atom stereocenters. The Labute approximate surface area is 115 Å². The van der Waals surface area contributed by atoms with Crippen molar-refractivity contribution < 1.29 is 19.1 Å². The van der Waals surface area contributed by atoms with Crippen LogP contribution in [-0.4, -0.2) is 17.7 Å². The van der Waals surface area contributed by atoms with E-state index in [9.17, 15) is 14.7 Å². The van der Waals surface area contributed by atoms with E-state index < -0.39 is 5.63 Å². The first-order chi connectivity index (χ1) is 9.63. The van der Waals surface area contributed by atoms with Gasteiger partial charge in [-0.1, -0.05) is 19.1 Å². The summed E-state index contributed by atoms with van der Waals surface area (Å²) in [5.74, 6) is -0.416. The minimum Gasteiger partial charge on any atom is -0.507 e. The highest BCUT2D eigenvalue weighted by atomic mass is 16.5. The quantitative estimate of drug-likeness (QED) is 0.670. The standard InChI is InChI=1S/C15H16O5/c1-2-5-13(16)19-9-8-11-14(17)10-6-3-4-7-12(10)20-15(11)18/h3-4,6-7,17H,2,5,8-9H2,1H3. The maximum Gasteiger partial charge on any atom is 0.343 e. The summed E-state index contributed by atoms with van der Waals surface area (Å²) in [6.45, 7) is 1.93. The van der Waals surface area contributed by atoms with Gasteiger partial charge in [0.2, 0.25) is 0 Å². The third-order valence-electron chi connectivity index (χ3n) is 2.95. The number of hydrogen-bond acceptors (Lipinski definition) is 5. The van der Waals surface area contributed by atoms with Gasteiger partial charge in [0.15, 0.2) is 0 Å². The molecule has 0 spiro atoms. The van der Waals surface area contributed by atoms with Crippen LogP contribution in [0.1, 0.15) is 25.3 Å². The fraction of sp³-hybridized carbons (Fsp3) is 0.333. The third-order valence-corrected chi connectivity index (χ3v) is 2.95. The first kappa shape index (κ1) is 14.1. The van der Waals surface area contributed by atoms with E-state index in [1.807, 2.05) is 6.92 Å². The molecule has 1 N–H and O–H groups in total. The third kappa shape index (κ3) is 2.99. The van der Waals surface area contributed by atoms with Crippen molar-refractivity contribution in [2.45, 2.75) is 26.2 Å². The summed E-state index contributed by atoms with van der Waals surface area (Å²) in [5.41, 5.74) is -0.137. The number of hydrogen-bond donors (Lipinski definition) is 1. The molecule has 0 radical (unpaired) electrons. The predicted molar refractivity (Wildman–Crippen MR) is 73.7 cm³/mol. The number of aromatic hydroxyl groups is 1. The first-order valence-corrected chi connectivity index (χ1v) is 6.52. The van der Waals surface area contributed by atoms with Crippen LogP contribution < -0.4 is 5.63 Å². The Morgan fingerprint density at radius 3 is 2.85 bits per heavy atom. The van der Waals surface area contributed by atoms with Crippen LogP contribution in [0.4, 0.5) is 0 Å². The Bertz CT molecular complexity index is 672. The van der Waals surface area contributed by atoms with E-state index in [1.54, 1.807) is 24.3 Å². The number of carbonyl (C=O) groups excluding carboxylic acids is 1. The molecule has 106 valence electrons. The van der Waals surface area contributed by atoms with E-state index in [-0.39, 0.29) is 30.3 Å². The van der Waals surface area contributed by atoms with E-state index >= 15 is 0 Å². The zero-order valence-corrected chi connectivity index (χ0v) is 11.2. The average molecular weight is 276 g/mol. The van der Waals surface area contributed by atoms with Gasteiger partial charge in [0.05, 0.1) is 17.6 Å². The maximum atomic E-state index is 11.8. The molecule has 0 saturated heterocycles. The lowest BCUT2D eigenvalue weighted by Crippen LogP contribution is -2.13. The number of esters is 1. The minimum absolute atomic E-state index is 0.0511. The second kappa shape index (κ2) is 6.23. The van der Waals surface area contributed by atoms with Crippen LogP contribution in [-0.2, 0) is 16.0 Å². The summed E-state index contributed by atoms with van der Waals surface area (Å²) < 4.78 is 10.1. The zero-order valence-electron chi connectivity index (χ0n) is 11.2. The van der Waals surface area contributed by atoms with Gasteiger partial charge in [0.25, 0.3) is 0 Å². The van der Waals surface area contributed by atoms with Gasteiger partial charge in [0.1, 0.15) is 11.3 Å². The van der Waals surface area contributed by atoms with Crippen LogP contribution in [0.3, 0.4) is 0 Å². The smallest absolute Gasteiger partial charge is 0.343 e. The molecule has 1 aromatic heterocycles. The fourth-order valence-corrected chi connectivity index (χ4v) is 1.94.